The third kappa shape index (κ3) is 2.71. The number of fused-ring (bicyclic) bond motifs is 4. The molecule has 4 nitrogen and oxygen atoms in total. The van der Waals surface area contributed by atoms with Crippen LogP contribution in [0.4, 0.5) is 0 Å². The van der Waals surface area contributed by atoms with Gasteiger partial charge in [-0.05, 0) is 37.1 Å². The highest BCUT2D eigenvalue weighted by Gasteiger charge is 2.22. The molecule has 0 radical (unpaired) electrons. The van der Waals surface area contributed by atoms with E-state index in [-0.39, 0.29) is 5.56 Å². The molecule has 1 N–H and O–H groups in total. The second kappa shape index (κ2) is 6.79. The van der Waals surface area contributed by atoms with Crippen molar-refractivity contribution in [3.05, 3.63) is 75.8 Å². The zero-order chi connectivity index (χ0) is 18.1. The van der Waals surface area contributed by atoms with Crippen LogP contribution in [0, 0.1) is 0 Å². The zero-order valence-corrected chi connectivity index (χ0v) is 15.2. The molecule has 0 atom stereocenters. The minimum Gasteiger partial charge on any atom is -0.385 e. The van der Waals surface area contributed by atoms with Crippen LogP contribution < -0.4 is 10.9 Å². The molecule has 1 aliphatic heterocycles. The Morgan fingerprint density at radius 2 is 1.88 bits per heavy atom. The van der Waals surface area contributed by atoms with Gasteiger partial charge in [-0.25, -0.2) is 4.98 Å². The van der Waals surface area contributed by atoms with Crippen molar-refractivity contribution >= 4 is 16.6 Å². The van der Waals surface area contributed by atoms with Crippen molar-refractivity contribution < 1.29 is 0 Å². The number of unbranched alkanes of at least 4 members (excludes halogenated alkanes) is 1. The van der Waals surface area contributed by atoms with Crippen LogP contribution in [0.3, 0.4) is 0 Å². The number of hydrogen-bond donors (Lipinski definition) is 1. The Balaban J connectivity index is 1.97. The molecule has 26 heavy (non-hydrogen) atoms. The van der Waals surface area contributed by atoms with E-state index in [0.29, 0.717) is 11.8 Å². The van der Waals surface area contributed by atoms with Crippen molar-refractivity contribution in [1.29, 1.82) is 0 Å². The van der Waals surface area contributed by atoms with Gasteiger partial charge in [0.1, 0.15) is 5.82 Å². The minimum atomic E-state index is 0.000609. The van der Waals surface area contributed by atoms with E-state index in [9.17, 15) is 4.79 Å². The molecule has 4 rings (SSSR count). The number of aromatic nitrogens is 2. The van der Waals surface area contributed by atoms with Gasteiger partial charge in [0.15, 0.2) is 0 Å². The van der Waals surface area contributed by atoms with Gasteiger partial charge in [-0.15, -0.1) is 0 Å². The molecule has 0 bridgehead atoms. The summed E-state index contributed by atoms with van der Waals surface area (Å²) in [7, 11) is 0. The van der Waals surface area contributed by atoms with Crippen LogP contribution in [0.15, 0.2) is 58.9 Å². The van der Waals surface area contributed by atoms with E-state index in [1.807, 2.05) is 42.5 Å². The van der Waals surface area contributed by atoms with Crippen LogP contribution in [-0.2, 0) is 6.42 Å². The van der Waals surface area contributed by atoms with Crippen molar-refractivity contribution in [3.63, 3.8) is 0 Å². The van der Waals surface area contributed by atoms with E-state index >= 15 is 0 Å². The maximum Gasteiger partial charge on any atom is 0.265 e. The summed E-state index contributed by atoms with van der Waals surface area (Å²) in [4.78, 5) is 18.1. The first kappa shape index (κ1) is 16.6. The van der Waals surface area contributed by atoms with E-state index in [1.54, 1.807) is 4.57 Å². The standard InChI is InChI=1S/C22H23N3O/c1-3-4-13-23-21-15(2)14-20-24-18-11-7-5-9-16(18)22(26)25(20)19-12-8-6-10-17(19)21/h5-12,23H,3-4,13-14H2,1-2H3. The van der Waals surface area contributed by atoms with E-state index in [4.69, 9.17) is 4.98 Å². The number of benzene rings is 2. The highest BCUT2D eigenvalue weighted by molar-refractivity contribution is 5.80. The second-order valence-corrected chi connectivity index (χ2v) is 6.82. The van der Waals surface area contributed by atoms with Crippen LogP contribution >= 0.6 is 0 Å². The van der Waals surface area contributed by atoms with Gasteiger partial charge in [-0.2, -0.15) is 0 Å². The Labute approximate surface area is 153 Å². The molecular weight excluding hydrogens is 322 g/mol. The lowest BCUT2D eigenvalue weighted by atomic mass is 10.0. The van der Waals surface area contributed by atoms with Gasteiger partial charge in [-0.3, -0.25) is 9.36 Å². The number of nitrogens with zero attached hydrogens (tertiary/aromatic N) is 2. The van der Waals surface area contributed by atoms with E-state index in [1.165, 1.54) is 5.57 Å². The van der Waals surface area contributed by atoms with Crippen LogP contribution in [0.1, 0.15) is 38.1 Å². The summed E-state index contributed by atoms with van der Waals surface area (Å²) in [5.41, 5.74) is 5.07. The van der Waals surface area contributed by atoms with Crippen molar-refractivity contribution in [2.24, 2.45) is 0 Å². The number of para-hydroxylation sites is 2. The van der Waals surface area contributed by atoms with Crippen LogP contribution in [-0.4, -0.2) is 16.1 Å². The lowest BCUT2D eigenvalue weighted by molar-refractivity contribution is 0.741. The van der Waals surface area contributed by atoms with Crippen LogP contribution in [0.2, 0.25) is 0 Å². The summed E-state index contributed by atoms with van der Waals surface area (Å²) >= 11 is 0. The van der Waals surface area contributed by atoms with Crippen molar-refractivity contribution in [2.45, 2.75) is 33.1 Å². The summed E-state index contributed by atoms with van der Waals surface area (Å²) in [6.07, 6.45) is 2.92. The SMILES string of the molecule is CCCCNC1=C(C)Cc2nc3ccccc3c(=O)n2-c2ccccc21. The molecule has 0 unspecified atom stereocenters. The fraction of sp³-hybridized carbons (Fsp3) is 0.273. The van der Waals surface area contributed by atoms with Gasteiger partial charge in [0.2, 0.25) is 0 Å². The molecule has 0 amide bonds. The lowest BCUT2D eigenvalue weighted by Crippen LogP contribution is -2.24. The average Bonchev–Trinajstić information content (AvgIpc) is 2.77. The highest BCUT2D eigenvalue weighted by atomic mass is 16.1. The molecule has 0 saturated carbocycles. The van der Waals surface area contributed by atoms with Gasteiger partial charge in [0.25, 0.3) is 5.56 Å². The predicted molar refractivity (Wildman–Crippen MR) is 107 cm³/mol. The zero-order valence-electron chi connectivity index (χ0n) is 15.2. The Hall–Kier alpha value is -2.88. The van der Waals surface area contributed by atoms with E-state index in [0.717, 1.165) is 47.7 Å². The molecule has 1 aromatic heterocycles. The van der Waals surface area contributed by atoms with Gasteiger partial charge < -0.3 is 5.32 Å². The second-order valence-electron chi connectivity index (χ2n) is 6.82. The maximum atomic E-state index is 13.2. The van der Waals surface area contributed by atoms with Crippen LogP contribution in [0.25, 0.3) is 22.3 Å². The molecule has 2 heterocycles. The molecule has 0 aliphatic carbocycles. The first-order valence-electron chi connectivity index (χ1n) is 9.24. The molecule has 2 aromatic carbocycles. The Kier molecular flexibility index (Phi) is 4.33. The Morgan fingerprint density at radius 3 is 2.73 bits per heavy atom. The van der Waals surface area contributed by atoms with E-state index in [2.05, 4.69) is 25.2 Å². The van der Waals surface area contributed by atoms with E-state index < -0.39 is 0 Å². The fourth-order valence-corrected chi connectivity index (χ4v) is 3.62. The molecule has 0 saturated heterocycles. The van der Waals surface area contributed by atoms with Gasteiger partial charge in [0.05, 0.1) is 16.6 Å². The molecular formula is C22H23N3O. The first-order chi connectivity index (χ1) is 12.7. The summed E-state index contributed by atoms with van der Waals surface area (Å²) in [6.45, 7) is 5.25. The maximum absolute atomic E-state index is 13.2. The molecule has 3 aromatic rings. The molecule has 1 aliphatic rings. The smallest absolute Gasteiger partial charge is 0.265 e. The normalized spacial score (nSPS) is 13.3. The third-order valence-electron chi connectivity index (χ3n) is 4.94. The third-order valence-corrected chi connectivity index (χ3v) is 4.94. The quantitative estimate of drug-likeness (QED) is 0.725. The Bertz CT molecular complexity index is 1060. The highest BCUT2D eigenvalue weighted by Crippen LogP contribution is 2.29. The first-order valence-corrected chi connectivity index (χ1v) is 9.24. The lowest BCUT2D eigenvalue weighted by Gasteiger charge is -2.16. The fourth-order valence-electron chi connectivity index (χ4n) is 3.62. The topological polar surface area (TPSA) is 46.9 Å². The number of rotatable bonds is 4. The minimum absolute atomic E-state index is 0.000609. The van der Waals surface area contributed by atoms with Crippen molar-refractivity contribution in [3.8, 4) is 5.69 Å². The monoisotopic (exact) mass is 345 g/mol. The van der Waals surface area contributed by atoms with Gasteiger partial charge >= 0.3 is 0 Å². The van der Waals surface area contributed by atoms with Crippen LogP contribution in [0.5, 0.6) is 0 Å². The number of hydrogen-bond acceptors (Lipinski definition) is 3. The van der Waals surface area contributed by atoms with Gasteiger partial charge in [-0.1, -0.05) is 43.7 Å². The van der Waals surface area contributed by atoms with Crippen molar-refractivity contribution in [1.82, 2.24) is 14.9 Å². The molecule has 0 spiro atoms. The largest absolute Gasteiger partial charge is 0.385 e. The molecule has 132 valence electrons. The number of nitrogens with one attached hydrogen (secondary N) is 1. The number of allylic oxidation sites excluding steroid dienone is 1. The summed E-state index contributed by atoms with van der Waals surface area (Å²) < 4.78 is 1.79. The molecule has 0 fully saturated rings. The van der Waals surface area contributed by atoms with Gasteiger partial charge in [0, 0.05) is 24.2 Å². The Morgan fingerprint density at radius 1 is 1.12 bits per heavy atom. The summed E-state index contributed by atoms with van der Waals surface area (Å²) in [6, 6.07) is 15.7. The average molecular weight is 345 g/mol. The summed E-state index contributed by atoms with van der Waals surface area (Å²) in [5.74, 6) is 0.797. The predicted octanol–water partition coefficient (Wildman–Crippen LogP) is 4.06. The molecule has 4 heteroatoms. The summed E-state index contributed by atoms with van der Waals surface area (Å²) in [5, 5.41) is 4.26. The van der Waals surface area contributed by atoms with Crippen molar-refractivity contribution in [2.75, 3.05) is 6.54 Å².